The molecule has 1 fully saturated rings. The Morgan fingerprint density at radius 3 is 2.71 bits per heavy atom. The molecule has 1 aliphatic rings. The van der Waals surface area contributed by atoms with Crippen LogP contribution in [-0.4, -0.2) is 43.3 Å². The number of hydrogen-bond acceptors (Lipinski definition) is 6. The molecule has 0 spiro atoms. The van der Waals surface area contributed by atoms with Crippen molar-refractivity contribution in [3.8, 4) is 5.75 Å². The van der Waals surface area contributed by atoms with Gasteiger partial charge in [0.2, 0.25) is 0 Å². The van der Waals surface area contributed by atoms with Gasteiger partial charge in [0.15, 0.2) is 0 Å². The minimum atomic E-state index is -0.301. The van der Waals surface area contributed by atoms with Gasteiger partial charge in [-0.25, -0.2) is 9.78 Å². The maximum Gasteiger partial charge on any atom is 0.342 e. The van der Waals surface area contributed by atoms with E-state index in [1.54, 1.807) is 13.3 Å². The molecule has 1 aromatic carbocycles. The minimum Gasteiger partial charge on any atom is -0.497 e. The Labute approximate surface area is 166 Å². The molecule has 1 N–H and O–H groups in total. The van der Waals surface area contributed by atoms with E-state index in [0.717, 1.165) is 43.2 Å². The zero-order valence-electron chi connectivity index (χ0n) is 17.1. The van der Waals surface area contributed by atoms with E-state index in [0.29, 0.717) is 11.6 Å². The first-order valence-corrected chi connectivity index (χ1v) is 9.75. The van der Waals surface area contributed by atoms with E-state index in [2.05, 4.69) is 27.3 Å². The summed E-state index contributed by atoms with van der Waals surface area (Å²) >= 11 is 0. The van der Waals surface area contributed by atoms with Gasteiger partial charge in [0, 0.05) is 31.9 Å². The zero-order valence-corrected chi connectivity index (χ0v) is 17.1. The van der Waals surface area contributed by atoms with E-state index in [4.69, 9.17) is 9.47 Å². The molecule has 6 nitrogen and oxygen atoms in total. The molecule has 2 aromatic rings. The van der Waals surface area contributed by atoms with Crippen molar-refractivity contribution in [2.45, 2.75) is 45.9 Å². The summed E-state index contributed by atoms with van der Waals surface area (Å²) in [6, 6.07) is 10.3. The smallest absolute Gasteiger partial charge is 0.342 e. The van der Waals surface area contributed by atoms with Crippen molar-refractivity contribution in [2.24, 2.45) is 0 Å². The van der Waals surface area contributed by atoms with Gasteiger partial charge in [0.1, 0.15) is 17.1 Å². The second kappa shape index (κ2) is 9.06. The number of rotatable bonds is 7. The Morgan fingerprint density at radius 1 is 1.29 bits per heavy atom. The van der Waals surface area contributed by atoms with Gasteiger partial charge in [-0.15, -0.1) is 0 Å². The van der Waals surface area contributed by atoms with Gasteiger partial charge in [-0.05, 0) is 56.5 Å². The third-order valence-corrected chi connectivity index (χ3v) is 4.93. The number of methoxy groups -OCH3 is 1. The molecule has 0 aliphatic carbocycles. The Hall–Kier alpha value is -2.60. The molecule has 0 unspecified atom stereocenters. The van der Waals surface area contributed by atoms with Crippen molar-refractivity contribution >= 4 is 11.8 Å². The van der Waals surface area contributed by atoms with E-state index in [1.807, 2.05) is 39.0 Å². The van der Waals surface area contributed by atoms with Crippen LogP contribution in [0.5, 0.6) is 5.75 Å². The first kappa shape index (κ1) is 20.1. The summed E-state index contributed by atoms with van der Waals surface area (Å²) in [5.74, 6) is 1.28. The summed E-state index contributed by atoms with van der Waals surface area (Å²) in [5.41, 5.74) is 2.69. The SMILES string of the molecule is COc1ccc(CN[C@@H]2CCN(c3nccc(C)c3C(=O)OC(C)C)C2)cc1. The van der Waals surface area contributed by atoms with Gasteiger partial charge in [-0.1, -0.05) is 12.1 Å². The summed E-state index contributed by atoms with van der Waals surface area (Å²) in [5, 5.41) is 3.60. The summed E-state index contributed by atoms with van der Waals surface area (Å²) in [7, 11) is 1.67. The lowest BCUT2D eigenvalue weighted by Crippen LogP contribution is -2.33. The van der Waals surface area contributed by atoms with Crippen LogP contribution in [0, 0.1) is 6.92 Å². The molecule has 0 saturated carbocycles. The topological polar surface area (TPSA) is 63.7 Å². The average molecular weight is 383 g/mol. The first-order chi connectivity index (χ1) is 13.5. The largest absolute Gasteiger partial charge is 0.497 e. The van der Waals surface area contributed by atoms with Crippen molar-refractivity contribution in [3.63, 3.8) is 0 Å². The number of pyridine rings is 1. The van der Waals surface area contributed by atoms with Crippen molar-refractivity contribution in [1.82, 2.24) is 10.3 Å². The molecule has 2 heterocycles. The molecule has 3 rings (SSSR count). The first-order valence-electron chi connectivity index (χ1n) is 9.75. The van der Waals surface area contributed by atoms with Crippen LogP contribution in [0.1, 0.15) is 41.8 Å². The quantitative estimate of drug-likeness (QED) is 0.740. The molecule has 6 heteroatoms. The van der Waals surface area contributed by atoms with E-state index < -0.39 is 0 Å². The van der Waals surface area contributed by atoms with E-state index in [1.165, 1.54) is 5.56 Å². The van der Waals surface area contributed by atoms with Crippen LogP contribution in [0.3, 0.4) is 0 Å². The number of carbonyl (C=O) groups excluding carboxylic acids is 1. The van der Waals surface area contributed by atoms with Gasteiger partial charge in [0.25, 0.3) is 0 Å². The lowest BCUT2D eigenvalue weighted by atomic mass is 10.1. The van der Waals surface area contributed by atoms with Crippen LogP contribution >= 0.6 is 0 Å². The lowest BCUT2D eigenvalue weighted by Gasteiger charge is -2.22. The second-order valence-corrected chi connectivity index (χ2v) is 7.44. The monoisotopic (exact) mass is 383 g/mol. The van der Waals surface area contributed by atoms with E-state index in [9.17, 15) is 4.79 Å². The molecule has 0 radical (unpaired) electrons. The highest BCUT2D eigenvalue weighted by Gasteiger charge is 2.28. The molecule has 1 aliphatic heterocycles. The highest BCUT2D eigenvalue weighted by molar-refractivity contribution is 5.96. The average Bonchev–Trinajstić information content (AvgIpc) is 3.15. The van der Waals surface area contributed by atoms with Gasteiger partial charge >= 0.3 is 5.97 Å². The van der Waals surface area contributed by atoms with Gasteiger partial charge in [0.05, 0.1) is 13.2 Å². The second-order valence-electron chi connectivity index (χ2n) is 7.44. The maximum atomic E-state index is 12.6. The van der Waals surface area contributed by atoms with Crippen LogP contribution in [0.2, 0.25) is 0 Å². The standard InChI is InChI=1S/C22H29N3O3/c1-15(2)28-22(26)20-16(3)9-11-23-21(20)25-12-10-18(14-25)24-13-17-5-7-19(27-4)8-6-17/h5-9,11,15,18,24H,10,12-14H2,1-4H3/t18-/m1/s1. The van der Waals surface area contributed by atoms with Crippen LogP contribution in [0.4, 0.5) is 5.82 Å². The van der Waals surface area contributed by atoms with Gasteiger partial charge < -0.3 is 19.7 Å². The van der Waals surface area contributed by atoms with Gasteiger partial charge in [-0.2, -0.15) is 0 Å². The Kier molecular flexibility index (Phi) is 6.52. The van der Waals surface area contributed by atoms with E-state index in [-0.39, 0.29) is 12.1 Å². The van der Waals surface area contributed by atoms with Crippen LogP contribution in [0.15, 0.2) is 36.5 Å². The molecule has 1 aromatic heterocycles. The van der Waals surface area contributed by atoms with Crippen molar-refractivity contribution in [2.75, 3.05) is 25.1 Å². The van der Waals surface area contributed by atoms with Crippen LogP contribution in [0.25, 0.3) is 0 Å². The normalized spacial score (nSPS) is 16.5. The van der Waals surface area contributed by atoms with Crippen molar-refractivity contribution in [3.05, 3.63) is 53.2 Å². The predicted octanol–water partition coefficient (Wildman–Crippen LogP) is 3.33. The number of carbonyl (C=O) groups is 1. The molecule has 0 bridgehead atoms. The van der Waals surface area contributed by atoms with Crippen molar-refractivity contribution < 1.29 is 14.3 Å². The van der Waals surface area contributed by atoms with E-state index >= 15 is 0 Å². The summed E-state index contributed by atoms with van der Waals surface area (Å²) in [6.07, 6.45) is 2.61. The molecule has 0 amide bonds. The Bertz CT molecular complexity index is 805. The molecule has 1 saturated heterocycles. The summed E-state index contributed by atoms with van der Waals surface area (Å²) in [6.45, 7) is 8.12. The number of nitrogens with zero attached hydrogens (tertiary/aromatic N) is 2. The number of esters is 1. The maximum absolute atomic E-state index is 12.6. The minimum absolute atomic E-state index is 0.155. The van der Waals surface area contributed by atoms with Crippen LogP contribution in [-0.2, 0) is 11.3 Å². The van der Waals surface area contributed by atoms with Crippen LogP contribution < -0.4 is 15.0 Å². The Morgan fingerprint density at radius 2 is 2.04 bits per heavy atom. The fourth-order valence-corrected chi connectivity index (χ4v) is 3.43. The fourth-order valence-electron chi connectivity index (χ4n) is 3.43. The number of benzene rings is 1. The lowest BCUT2D eigenvalue weighted by molar-refractivity contribution is 0.0377. The number of aromatic nitrogens is 1. The molecular formula is C22H29N3O3. The fraction of sp³-hybridized carbons (Fsp3) is 0.455. The Balaban J connectivity index is 1.64. The molecule has 150 valence electrons. The zero-order chi connectivity index (χ0) is 20.1. The van der Waals surface area contributed by atoms with Gasteiger partial charge in [-0.3, -0.25) is 0 Å². The molecule has 28 heavy (non-hydrogen) atoms. The third kappa shape index (κ3) is 4.81. The number of nitrogens with one attached hydrogen (secondary N) is 1. The number of hydrogen-bond donors (Lipinski definition) is 1. The summed E-state index contributed by atoms with van der Waals surface area (Å²) in [4.78, 5) is 19.3. The number of ether oxygens (including phenoxy) is 2. The summed E-state index contributed by atoms with van der Waals surface area (Å²) < 4.78 is 10.6. The highest BCUT2D eigenvalue weighted by Crippen LogP contribution is 2.26. The number of anilines is 1. The molecular weight excluding hydrogens is 354 g/mol. The third-order valence-electron chi connectivity index (χ3n) is 4.93. The predicted molar refractivity (Wildman–Crippen MR) is 110 cm³/mol. The molecule has 1 atom stereocenters. The number of aryl methyl sites for hydroxylation is 1. The highest BCUT2D eigenvalue weighted by atomic mass is 16.5. The van der Waals surface area contributed by atoms with Crippen molar-refractivity contribution in [1.29, 1.82) is 0 Å².